The molecule has 3 N–H and O–H groups in total. The van der Waals surface area contributed by atoms with Gasteiger partial charge in [-0.3, -0.25) is 4.79 Å². The Morgan fingerprint density at radius 2 is 2.30 bits per heavy atom. The lowest BCUT2D eigenvalue weighted by atomic mass is 10.2. The van der Waals surface area contributed by atoms with E-state index in [2.05, 4.69) is 10.3 Å². The van der Waals surface area contributed by atoms with Crippen molar-refractivity contribution in [3.05, 3.63) is 33.8 Å². The van der Waals surface area contributed by atoms with Crippen molar-refractivity contribution in [3.8, 4) is 5.75 Å². The zero-order valence-corrected chi connectivity index (χ0v) is 12.6. The minimum absolute atomic E-state index is 0.278. The molecule has 0 aliphatic carbocycles. The van der Waals surface area contributed by atoms with Gasteiger partial charge in [0.15, 0.2) is 5.13 Å². The number of hydrogen-bond acceptors (Lipinski definition) is 5. The van der Waals surface area contributed by atoms with Crippen LogP contribution in [-0.4, -0.2) is 17.5 Å². The van der Waals surface area contributed by atoms with Crippen LogP contribution in [-0.2, 0) is 0 Å². The number of benzene rings is 1. The Labute approximate surface area is 125 Å². The van der Waals surface area contributed by atoms with Crippen molar-refractivity contribution in [2.24, 2.45) is 0 Å². The van der Waals surface area contributed by atoms with Gasteiger partial charge >= 0.3 is 0 Å². The predicted molar refractivity (Wildman–Crippen MR) is 81.8 cm³/mol. The van der Waals surface area contributed by atoms with Gasteiger partial charge in [0.05, 0.1) is 18.0 Å². The third-order valence-corrected chi connectivity index (χ3v) is 3.73. The summed E-state index contributed by atoms with van der Waals surface area (Å²) in [5, 5.41) is 3.66. The number of nitrogens with zero attached hydrogens (tertiary/aromatic N) is 1. The van der Waals surface area contributed by atoms with Gasteiger partial charge in [0.25, 0.3) is 5.91 Å². The standard InChI is InChI=1S/C13H14ClN3O2S/c1-3-19-10-5-4-8(14)6-9(10)17-12(18)11-7(2)16-13(15)20-11/h4-6H,3H2,1-2H3,(H2,15,16)(H,17,18). The summed E-state index contributed by atoms with van der Waals surface area (Å²) in [5.74, 6) is 0.292. The molecule has 1 amide bonds. The van der Waals surface area contributed by atoms with Crippen LogP contribution in [0.2, 0.25) is 5.02 Å². The van der Waals surface area contributed by atoms with Gasteiger partial charge in [0.1, 0.15) is 10.6 Å². The van der Waals surface area contributed by atoms with Gasteiger partial charge < -0.3 is 15.8 Å². The molecular weight excluding hydrogens is 298 g/mol. The first-order chi connectivity index (χ1) is 9.51. The molecule has 2 rings (SSSR count). The average Bonchev–Trinajstić information content (AvgIpc) is 2.72. The molecule has 0 fully saturated rings. The number of aromatic nitrogens is 1. The molecule has 0 saturated heterocycles. The van der Waals surface area contributed by atoms with Crippen LogP contribution in [0, 0.1) is 6.92 Å². The summed E-state index contributed by atoms with van der Waals surface area (Å²) in [4.78, 5) is 16.7. The van der Waals surface area contributed by atoms with E-state index in [1.807, 2.05) is 6.92 Å². The van der Waals surface area contributed by atoms with Crippen LogP contribution in [0.1, 0.15) is 22.3 Å². The van der Waals surface area contributed by atoms with Crippen molar-refractivity contribution < 1.29 is 9.53 Å². The number of carbonyl (C=O) groups excluding carboxylic acids is 1. The summed E-state index contributed by atoms with van der Waals surface area (Å²) < 4.78 is 5.45. The maximum atomic E-state index is 12.2. The summed E-state index contributed by atoms with van der Waals surface area (Å²) >= 11 is 7.09. The van der Waals surface area contributed by atoms with E-state index in [9.17, 15) is 4.79 Å². The molecule has 2 aromatic rings. The molecule has 5 nitrogen and oxygen atoms in total. The Bertz CT molecular complexity index is 643. The van der Waals surface area contributed by atoms with Gasteiger partial charge in [-0.1, -0.05) is 22.9 Å². The third-order valence-electron chi connectivity index (χ3n) is 2.51. The topological polar surface area (TPSA) is 77.2 Å². The zero-order chi connectivity index (χ0) is 14.7. The monoisotopic (exact) mass is 311 g/mol. The van der Waals surface area contributed by atoms with E-state index < -0.39 is 0 Å². The highest BCUT2D eigenvalue weighted by atomic mass is 35.5. The van der Waals surface area contributed by atoms with Gasteiger partial charge in [-0.05, 0) is 32.0 Å². The van der Waals surface area contributed by atoms with E-state index in [-0.39, 0.29) is 5.91 Å². The average molecular weight is 312 g/mol. The third kappa shape index (κ3) is 3.20. The first-order valence-electron chi connectivity index (χ1n) is 5.98. The molecule has 7 heteroatoms. The lowest BCUT2D eigenvalue weighted by molar-refractivity contribution is 0.102. The highest BCUT2D eigenvalue weighted by Crippen LogP contribution is 2.29. The number of carbonyl (C=O) groups is 1. The van der Waals surface area contributed by atoms with Crippen molar-refractivity contribution in [3.63, 3.8) is 0 Å². The van der Waals surface area contributed by atoms with Crippen molar-refractivity contribution in [1.82, 2.24) is 4.98 Å². The van der Waals surface area contributed by atoms with Crippen LogP contribution in [0.5, 0.6) is 5.75 Å². The number of amides is 1. The van der Waals surface area contributed by atoms with Gasteiger partial charge in [0.2, 0.25) is 0 Å². The molecule has 0 radical (unpaired) electrons. The molecule has 0 atom stereocenters. The fourth-order valence-electron chi connectivity index (χ4n) is 1.69. The number of nitrogen functional groups attached to an aromatic ring is 1. The normalized spacial score (nSPS) is 10.3. The summed E-state index contributed by atoms with van der Waals surface area (Å²) in [6, 6.07) is 5.07. The molecule has 20 heavy (non-hydrogen) atoms. The number of nitrogens with one attached hydrogen (secondary N) is 1. The summed E-state index contributed by atoms with van der Waals surface area (Å²) in [6.07, 6.45) is 0. The number of halogens is 1. The van der Waals surface area contributed by atoms with Gasteiger partial charge in [-0.25, -0.2) is 4.98 Å². The van der Waals surface area contributed by atoms with E-state index in [1.54, 1.807) is 25.1 Å². The summed E-state index contributed by atoms with van der Waals surface area (Å²) in [6.45, 7) is 4.11. The smallest absolute Gasteiger partial charge is 0.267 e. The number of anilines is 2. The maximum absolute atomic E-state index is 12.2. The molecule has 0 aliphatic rings. The SMILES string of the molecule is CCOc1ccc(Cl)cc1NC(=O)c1sc(N)nc1C. The Morgan fingerprint density at radius 1 is 1.55 bits per heavy atom. The number of rotatable bonds is 4. The van der Waals surface area contributed by atoms with Crippen LogP contribution < -0.4 is 15.8 Å². The summed E-state index contributed by atoms with van der Waals surface area (Å²) in [5.41, 5.74) is 6.72. The van der Waals surface area contributed by atoms with Crippen molar-refractivity contribution in [1.29, 1.82) is 0 Å². The highest BCUT2D eigenvalue weighted by Gasteiger charge is 2.16. The molecule has 1 heterocycles. The van der Waals surface area contributed by atoms with E-state index in [1.165, 1.54) is 0 Å². The van der Waals surface area contributed by atoms with E-state index in [0.29, 0.717) is 38.8 Å². The van der Waals surface area contributed by atoms with Crippen molar-refractivity contribution in [2.45, 2.75) is 13.8 Å². The van der Waals surface area contributed by atoms with Crippen LogP contribution in [0.3, 0.4) is 0 Å². The van der Waals surface area contributed by atoms with Crippen molar-refractivity contribution >= 4 is 39.7 Å². The van der Waals surface area contributed by atoms with Crippen LogP contribution in [0.4, 0.5) is 10.8 Å². The molecule has 0 saturated carbocycles. The molecule has 106 valence electrons. The van der Waals surface area contributed by atoms with E-state index >= 15 is 0 Å². The zero-order valence-electron chi connectivity index (χ0n) is 11.1. The lowest BCUT2D eigenvalue weighted by Gasteiger charge is -2.11. The number of aryl methyl sites for hydroxylation is 1. The minimum Gasteiger partial charge on any atom is -0.492 e. The first-order valence-corrected chi connectivity index (χ1v) is 7.17. The summed E-state index contributed by atoms with van der Waals surface area (Å²) in [7, 11) is 0. The fraction of sp³-hybridized carbons (Fsp3) is 0.231. The molecule has 0 bridgehead atoms. The largest absolute Gasteiger partial charge is 0.492 e. The maximum Gasteiger partial charge on any atom is 0.267 e. The first kappa shape index (κ1) is 14.6. The quantitative estimate of drug-likeness (QED) is 0.908. The predicted octanol–water partition coefficient (Wildman–Crippen LogP) is 3.34. The van der Waals surface area contributed by atoms with E-state index in [4.69, 9.17) is 22.1 Å². The molecular formula is C13H14ClN3O2S. The number of nitrogens with two attached hydrogens (primary N) is 1. The second-order valence-corrected chi connectivity index (χ2v) is 5.46. The molecule has 1 aromatic carbocycles. The second-order valence-electron chi connectivity index (χ2n) is 3.99. The number of hydrogen-bond donors (Lipinski definition) is 2. The highest BCUT2D eigenvalue weighted by molar-refractivity contribution is 7.17. The Hall–Kier alpha value is -1.79. The number of thiazole rings is 1. The molecule has 1 aromatic heterocycles. The lowest BCUT2D eigenvalue weighted by Crippen LogP contribution is -2.12. The Kier molecular flexibility index (Phi) is 4.46. The Balaban J connectivity index is 2.27. The molecule has 0 spiro atoms. The fourth-order valence-corrected chi connectivity index (χ4v) is 2.59. The van der Waals surface area contributed by atoms with Gasteiger partial charge in [0, 0.05) is 5.02 Å². The second kappa shape index (κ2) is 6.11. The number of ether oxygens (including phenoxy) is 1. The minimum atomic E-state index is -0.278. The van der Waals surface area contributed by atoms with Crippen LogP contribution >= 0.6 is 22.9 Å². The van der Waals surface area contributed by atoms with Gasteiger partial charge in [-0.15, -0.1) is 0 Å². The van der Waals surface area contributed by atoms with Crippen molar-refractivity contribution in [2.75, 3.05) is 17.7 Å². The van der Waals surface area contributed by atoms with Crippen LogP contribution in [0.25, 0.3) is 0 Å². The van der Waals surface area contributed by atoms with Crippen LogP contribution in [0.15, 0.2) is 18.2 Å². The Morgan fingerprint density at radius 3 is 2.90 bits per heavy atom. The molecule has 0 aliphatic heterocycles. The van der Waals surface area contributed by atoms with Gasteiger partial charge in [-0.2, -0.15) is 0 Å². The molecule has 0 unspecified atom stereocenters. The van der Waals surface area contributed by atoms with E-state index in [0.717, 1.165) is 11.3 Å².